The summed E-state index contributed by atoms with van der Waals surface area (Å²) in [5, 5.41) is 9.84. The zero-order chi connectivity index (χ0) is 17.4. The monoisotopic (exact) mass is 368 g/mol. The van der Waals surface area contributed by atoms with E-state index in [9.17, 15) is 4.79 Å². The average Bonchev–Trinajstić information content (AvgIpc) is 3.28. The Bertz CT molecular complexity index is 1070. The summed E-state index contributed by atoms with van der Waals surface area (Å²) in [4.78, 5) is 18.1. The fourth-order valence-corrected chi connectivity index (χ4v) is 3.51. The minimum atomic E-state index is -0.267. The maximum atomic E-state index is 12.7. The van der Waals surface area contributed by atoms with Gasteiger partial charge in [-0.25, -0.2) is 9.50 Å². The second-order valence-corrected chi connectivity index (χ2v) is 6.82. The summed E-state index contributed by atoms with van der Waals surface area (Å²) in [6.07, 6.45) is 3.22. The van der Waals surface area contributed by atoms with Crippen LogP contribution in [-0.4, -0.2) is 20.5 Å². The lowest BCUT2D eigenvalue weighted by Crippen LogP contribution is -2.13. The van der Waals surface area contributed by atoms with E-state index in [0.29, 0.717) is 21.9 Å². The predicted molar refractivity (Wildman–Crippen MR) is 100 cm³/mol. The zero-order valence-electron chi connectivity index (χ0n) is 13.2. The Morgan fingerprint density at radius 2 is 2.12 bits per heavy atom. The Hall–Kier alpha value is -2.70. The summed E-state index contributed by atoms with van der Waals surface area (Å²) >= 11 is 7.73. The number of thiophene rings is 1. The molecule has 1 amide bonds. The third-order valence-electron chi connectivity index (χ3n) is 3.94. The maximum absolute atomic E-state index is 12.7. The van der Waals surface area contributed by atoms with Gasteiger partial charge in [-0.05, 0) is 42.1 Å². The number of rotatable bonds is 3. The number of hydrogen-bond acceptors (Lipinski definition) is 4. The van der Waals surface area contributed by atoms with E-state index in [1.54, 1.807) is 34.2 Å². The summed E-state index contributed by atoms with van der Waals surface area (Å²) in [6.45, 7) is 1.86. The fraction of sp³-hybridized carbons (Fsp3) is 0.0556. The molecule has 0 saturated heterocycles. The van der Waals surface area contributed by atoms with E-state index in [0.717, 1.165) is 16.1 Å². The zero-order valence-corrected chi connectivity index (χ0v) is 14.8. The standard InChI is InChI=1S/C18H13ClN4OS/c1-11-13(19)4-2-5-14(11)22-18(24)12-10-21-23-15(7-8-20-17(12)23)16-6-3-9-25-16/h2-10H,1H3,(H,22,24). The molecule has 124 valence electrons. The first-order chi connectivity index (χ1) is 12.1. The highest BCUT2D eigenvalue weighted by molar-refractivity contribution is 7.13. The number of nitrogens with one attached hydrogen (secondary N) is 1. The van der Waals surface area contributed by atoms with E-state index < -0.39 is 0 Å². The molecule has 0 bridgehead atoms. The molecule has 0 fully saturated rings. The maximum Gasteiger partial charge on any atom is 0.261 e. The van der Waals surface area contributed by atoms with Gasteiger partial charge in [0, 0.05) is 16.9 Å². The molecule has 3 aromatic heterocycles. The number of carbonyl (C=O) groups is 1. The van der Waals surface area contributed by atoms with Crippen molar-refractivity contribution in [2.75, 3.05) is 5.32 Å². The highest BCUT2D eigenvalue weighted by Gasteiger charge is 2.17. The van der Waals surface area contributed by atoms with Gasteiger partial charge >= 0.3 is 0 Å². The molecule has 4 rings (SSSR count). The Morgan fingerprint density at radius 3 is 2.92 bits per heavy atom. The van der Waals surface area contributed by atoms with Crippen LogP contribution in [0.5, 0.6) is 0 Å². The number of benzene rings is 1. The van der Waals surface area contributed by atoms with Crippen molar-refractivity contribution in [3.8, 4) is 10.6 Å². The van der Waals surface area contributed by atoms with Gasteiger partial charge in [-0.15, -0.1) is 11.3 Å². The van der Waals surface area contributed by atoms with Crippen molar-refractivity contribution in [1.29, 1.82) is 0 Å². The first-order valence-corrected chi connectivity index (χ1v) is 8.84. The predicted octanol–water partition coefficient (Wildman–Crippen LogP) is 4.67. The molecule has 7 heteroatoms. The molecule has 0 aliphatic heterocycles. The molecule has 0 aliphatic rings. The van der Waals surface area contributed by atoms with Crippen LogP contribution < -0.4 is 5.32 Å². The third kappa shape index (κ3) is 2.79. The van der Waals surface area contributed by atoms with Gasteiger partial charge in [-0.3, -0.25) is 4.79 Å². The van der Waals surface area contributed by atoms with Crippen LogP contribution in [0.2, 0.25) is 5.02 Å². The molecule has 5 nitrogen and oxygen atoms in total. The van der Waals surface area contributed by atoms with E-state index in [1.807, 2.05) is 36.6 Å². The van der Waals surface area contributed by atoms with Crippen molar-refractivity contribution >= 4 is 40.2 Å². The molecule has 0 saturated carbocycles. The van der Waals surface area contributed by atoms with Gasteiger partial charge in [-0.2, -0.15) is 5.10 Å². The van der Waals surface area contributed by atoms with Crippen molar-refractivity contribution in [2.24, 2.45) is 0 Å². The number of halogens is 1. The topological polar surface area (TPSA) is 59.3 Å². The Kier molecular flexibility index (Phi) is 3.99. The largest absolute Gasteiger partial charge is 0.322 e. The highest BCUT2D eigenvalue weighted by atomic mass is 35.5. The second-order valence-electron chi connectivity index (χ2n) is 5.47. The number of hydrogen-bond donors (Lipinski definition) is 1. The normalized spacial score (nSPS) is 11.0. The van der Waals surface area contributed by atoms with Crippen molar-refractivity contribution in [2.45, 2.75) is 6.92 Å². The van der Waals surface area contributed by atoms with Gasteiger partial charge in [0.15, 0.2) is 5.65 Å². The van der Waals surface area contributed by atoms with Gasteiger partial charge in [0.2, 0.25) is 0 Å². The lowest BCUT2D eigenvalue weighted by atomic mass is 10.2. The van der Waals surface area contributed by atoms with Gasteiger partial charge in [0.1, 0.15) is 5.56 Å². The smallest absolute Gasteiger partial charge is 0.261 e. The van der Waals surface area contributed by atoms with Crippen LogP contribution >= 0.6 is 22.9 Å². The van der Waals surface area contributed by atoms with Gasteiger partial charge < -0.3 is 5.32 Å². The van der Waals surface area contributed by atoms with Crippen LogP contribution in [0.15, 0.2) is 54.2 Å². The molecule has 1 N–H and O–H groups in total. The highest BCUT2D eigenvalue weighted by Crippen LogP contribution is 2.26. The molecule has 3 heterocycles. The summed E-state index contributed by atoms with van der Waals surface area (Å²) < 4.78 is 1.69. The van der Waals surface area contributed by atoms with E-state index in [1.165, 1.54) is 6.20 Å². The lowest BCUT2D eigenvalue weighted by Gasteiger charge is -2.08. The Morgan fingerprint density at radius 1 is 1.24 bits per heavy atom. The quantitative estimate of drug-likeness (QED) is 0.571. The molecular weight excluding hydrogens is 356 g/mol. The average molecular weight is 369 g/mol. The molecule has 0 aliphatic carbocycles. The Labute approximate surface area is 152 Å². The molecule has 1 aromatic carbocycles. The number of aromatic nitrogens is 3. The number of fused-ring (bicyclic) bond motifs is 1. The summed E-state index contributed by atoms with van der Waals surface area (Å²) in [7, 11) is 0. The molecule has 0 unspecified atom stereocenters. The molecular formula is C18H13ClN4OS. The van der Waals surface area contributed by atoms with Crippen LogP contribution in [0.25, 0.3) is 16.2 Å². The van der Waals surface area contributed by atoms with Gasteiger partial charge in [-0.1, -0.05) is 23.7 Å². The number of amides is 1. The summed E-state index contributed by atoms with van der Waals surface area (Å²) in [6, 6.07) is 11.3. The summed E-state index contributed by atoms with van der Waals surface area (Å²) in [5.41, 5.74) is 3.33. The number of nitrogens with zero attached hydrogens (tertiary/aromatic N) is 3. The van der Waals surface area contributed by atoms with E-state index in [2.05, 4.69) is 15.4 Å². The van der Waals surface area contributed by atoms with Crippen LogP contribution in [0.4, 0.5) is 5.69 Å². The van der Waals surface area contributed by atoms with E-state index in [-0.39, 0.29) is 5.91 Å². The van der Waals surface area contributed by atoms with E-state index >= 15 is 0 Å². The fourth-order valence-electron chi connectivity index (χ4n) is 2.60. The molecule has 0 radical (unpaired) electrons. The SMILES string of the molecule is Cc1c(Cl)cccc1NC(=O)c1cnn2c(-c3cccs3)ccnc12. The first kappa shape index (κ1) is 15.8. The first-order valence-electron chi connectivity index (χ1n) is 7.58. The third-order valence-corrected chi connectivity index (χ3v) is 5.24. The van der Waals surface area contributed by atoms with Crippen molar-refractivity contribution in [1.82, 2.24) is 14.6 Å². The van der Waals surface area contributed by atoms with Gasteiger partial charge in [0.25, 0.3) is 5.91 Å². The number of anilines is 1. The number of carbonyl (C=O) groups excluding carboxylic acids is 1. The van der Waals surface area contributed by atoms with Crippen LogP contribution in [0, 0.1) is 6.92 Å². The molecule has 25 heavy (non-hydrogen) atoms. The Balaban J connectivity index is 1.74. The van der Waals surface area contributed by atoms with Crippen LogP contribution in [0.3, 0.4) is 0 Å². The molecule has 4 aromatic rings. The molecule has 0 atom stereocenters. The van der Waals surface area contributed by atoms with Crippen LogP contribution in [-0.2, 0) is 0 Å². The van der Waals surface area contributed by atoms with Gasteiger partial charge in [0.05, 0.1) is 16.8 Å². The molecule has 0 spiro atoms. The van der Waals surface area contributed by atoms with Crippen molar-refractivity contribution < 1.29 is 4.79 Å². The van der Waals surface area contributed by atoms with Crippen molar-refractivity contribution in [3.63, 3.8) is 0 Å². The van der Waals surface area contributed by atoms with Crippen LogP contribution in [0.1, 0.15) is 15.9 Å². The summed E-state index contributed by atoms with van der Waals surface area (Å²) in [5.74, 6) is -0.267. The second kappa shape index (κ2) is 6.31. The van der Waals surface area contributed by atoms with E-state index in [4.69, 9.17) is 11.6 Å². The lowest BCUT2D eigenvalue weighted by molar-refractivity contribution is 0.102. The van der Waals surface area contributed by atoms with Crippen molar-refractivity contribution in [3.05, 3.63) is 70.3 Å². The minimum Gasteiger partial charge on any atom is -0.322 e. The minimum absolute atomic E-state index is 0.267.